The number of benzene rings is 2. The van der Waals surface area contributed by atoms with Crippen molar-refractivity contribution in [1.82, 2.24) is 5.32 Å². The summed E-state index contributed by atoms with van der Waals surface area (Å²) < 4.78 is 75.7. The first-order chi connectivity index (χ1) is 16.0. The Kier molecular flexibility index (Phi) is 8.85. The molecular formula is C21H20F3N3O6S. The summed E-state index contributed by atoms with van der Waals surface area (Å²) in [4.78, 5) is 24.7. The van der Waals surface area contributed by atoms with Gasteiger partial charge in [-0.3, -0.25) is 9.59 Å². The highest BCUT2D eigenvalue weighted by Gasteiger charge is 2.34. The van der Waals surface area contributed by atoms with Crippen LogP contribution in [0.1, 0.15) is 27.4 Å². The van der Waals surface area contributed by atoms with Gasteiger partial charge in [-0.2, -0.15) is 14.0 Å². The zero-order valence-corrected chi connectivity index (χ0v) is 18.6. The number of hydrogen-bond donors (Lipinski definition) is 2. The van der Waals surface area contributed by atoms with E-state index < -0.39 is 74.9 Å². The molecule has 0 aliphatic heterocycles. The Morgan fingerprint density at radius 3 is 2.44 bits per heavy atom. The normalized spacial score (nSPS) is 12.0. The van der Waals surface area contributed by atoms with Crippen LogP contribution in [-0.4, -0.2) is 46.3 Å². The van der Waals surface area contributed by atoms with E-state index in [0.717, 1.165) is 25.3 Å². The zero-order valence-electron chi connectivity index (χ0n) is 17.8. The predicted molar refractivity (Wildman–Crippen MR) is 113 cm³/mol. The van der Waals surface area contributed by atoms with Crippen LogP contribution in [0.4, 0.5) is 13.2 Å². The predicted octanol–water partition coefficient (Wildman–Crippen LogP) is 1.87. The minimum absolute atomic E-state index is 0.125. The Labute approximate surface area is 193 Å². The maximum absolute atomic E-state index is 15.2. The van der Waals surface area contributed by atoms with Crippen molar-refractivity contribution in [3.05, 3.63) is 58.9 Å². The molecule has 0 bridgehead atoms. The standard InChI is InChI=1S/C21H20F3N3O6S/c1-32-16-7-6-13(19(26)28)17(18(16)22)14(20(29)27-9-8-25)11-34(30,31)10-12-4-2-3-5-15(12)33-21(23)24/h2-7,14,21H,9-11H2,1H3,(H2,26,28)(H,27,29)/t14-/m1/s1. The summed E-state index contributed by atoms with van der Waals surface area (Å²) in [6.07, 6.45) is 0. The molecular weight excluding hydrogens is 479 g/mol. The molecule has 0 spiro atoms. The van der Waals surface area contributed by atoms with Gasteiger partial charge in [0.1, 0.15) is 12.3 Å². The van der Waals surface area contributed by atoms with E-state index in [-0.39, 0.29) is 11.3 Å². The molecule has 1 atom stereocenters. The first-order valence-electron chi connectivity index (χ1n) is 9.54. The van der Waals surface area contributed by atoms with Crippen LogP contribution in [-0.2, 0) is 20.4 Å². The fraction of sp³-hybridized carbons (Fsp3) is 0.286. The molecule has 3 N–H and O–H groups in total. The number of carbonyl (C=O) groups is 2. The third kappa shape index (κ3) is 6.61. The van der Waals surface area contributed by atoms with Crippen LogP contribution < -0.4 is 20.5 Å². The summed E-state index contributed by atoms with van der Waals surface area (Å²) in [6.45, 7) is -3.74. The molecule has 0 heterocycles. The quantitative estimate of drug-likeness (QED) is 0.448. The topological polar surface area (TPSA) is 149 Å². The van der Waals surface area contributed by atoms with Crippen molar-refractivity contribution in [3.8, 4) is 17.6 Å². The average Bonchev–Trinajstić information content (AvgIpc) is 2.76. The lowest BCUT2D eigenvalue weighted by Gasteiger charge is -2.21. The van der Waals surface area contributed by atoms with Crippen molar-refractivity contribution in [3.63, 3.8) is 0 Å². The van der Waals surface area contributed by atoms with Crippen LogP contribution >= 0.6 is 0 Å². The SMILES string of the molecule is COc1ccc(C(N)=O)c([C@@H](CS(=O)(=O)Cc2ccccc2OC(F)F)C(=O)NCC#N)c1F. The number of halogens is 3. The summed E-state index contributed by atoms with van der Waals surface area (Å²) >= 11 is 0. The van der Waals surface area contributed by atoms with E-state index >= 15 is 4.39 Å². The van der Waals surface area contributed by atoms with Crippen molar-refractivity contribution in [2.75, 3.05) is 19.4 Å². The molecule has 0 aliphatic rings. The maximum atomic E-state index is 15.2. The summed E-state index contributed by atoms with van der Waals surface area (Å²) in [7, 11) is -3.20. The molecule has 34 heavy (non-hydrogen) atoms. The number of nitriles is 1. The fourth-order valence-corrected chi connectivity index (χ4v) is 4.87. The van der Waals surface area contributed by atoms with Gasteiger partial charge in [-0.05, 0) is 18.2 Å². The first kappa shape index (κ1) is 26.5. The van der Waals surface area contributed by atoms with E-state index in [9.17, 15) is 26.8 Å². The van der Waals surface area contributed by atoms with E-state index in [2.05, 4.69) is 10.1 Å². The van der Waals surface area contributed by atoms with E-state index in [1.54, 1.807) is 6.07 Å². The number of rotatable bonds is 11. The number of sulfone groups is 1. The third-order valence-corrected chi connectivity index (χ3v) is 6.21. The van der Waals surface area contributed by atoms with Crippen molar-refractivity contribution in [2.24, 2.45) is 5.73 Å². The molecule has 2 amide bonds. The van der Waals surface area contributed by atoms with Gasteiger partial charge in [0.05, 0.1) is 30.6 Å². The zero-order chi connectivity index (χ0) is 25.5. The number of para-hydroxylation sites is 1. The Morgan fingerprint density at radius 2 is 1.85 bits per heavy atom. The van der Waals surface area contributed by atoms with Gasteiger partial charge < -0.3 is 20.5 Å². The van der Waals surface area contributed by atoms with Crippen molar-refractivity contribution in [1.29, 1.82) is 5.26 Å². The summed E-state index contributed by atoms with van der Waals surface area (Å²) in [5.74, 6) is -7.87. The minimum Gasteiger partial charge on any atom is -0.494 e. The lowest BCUT2D eigenvalue weighted by Crippen LogP contribution is -2.35. The largest absolute Gasteiger partial charge is 0.494 e. The Bertz CT molecular complexity index is 1210. The van der Waals surface area contributed by atoms with Crippen molar-refractivity contribution < 1.29 is 40.7 Å². The maximum Gasteiger partial charge on any atom is 0.387 e. The molecule has 0 saturated carbocycles. The second-order valence-corrected chi connectivity index (χ2v) is 8.99. The van der Waals surface area contributed by atoms with Gasteiger partial charge in [0.15, 0.2) is 21.4 Å². The van der Waals surface area contributed by atoms with Crippen molar-refractivity contribution >= 4 is 21.7 Å². The van der Waals surface area contributed by atoms with Crippen molar-refractivity contribution in [2.45, 2.75) is 18.3 Å². The second kappa shape index (κ2) is 11.4. The van der Waals surface area contributed by atoms with Crippen LogP contribution in [0.3, 0.4) is 0 Å². The number of carbonyl (C=O) groups excluding carboxylic acids is 2. The highest BCUT2D eigenvalue weighted by Crippen LogP contribution is 2.32. The number of ether oxygens (including phenoxy) is 2. The first-order valence-corrected chi connectivity index (χ1v) is 11.4. The number of alkyl halides is 2. The van der Waals surface area contributed by atoms with E-state index in [4.69, 9.17) is 15.7 Å². The smallest absolute Gasteiger partial charge is 0.387 e. The molecule has 2 aromatic carbocycles. The Hall–Kier alpha value is -3.79. The average molecular weight is 499 g/mol. The monoisotopic (exact) mass is 499 g/mol. The van der Waals surface area contributed by atoms with E-state index in [0.29, 0.717) is 0 Å². The molecule has 0 unspecified atom stereocenters. The van der Waals surface area contributed by atoms with Crippen LogP contribution in [0, 0.1) is 17.1 Å². The van der Waals surface area contributed by atoms with E-state index in [1.807, 2.05) is 0 Å². The minimum atomic E-state index is -4.32. The van der Waals surface area contributed by atoms with Gasteiger partial charge in [0.25, 0.3) is 0 Å². The molecule has 13 heteroatoms. The third-order valence-electron chi connectivity index (χ3n) is 4.62. The van der Waals surface area contributed by atoms with Gasteiger partial charge in [-0.15, -0.1) is 0 Å². The van der Waals surface area contributed by atoms with Crippen LogP contribution in [0.5, 0.6) is 11.5 Å². The van der Waals surface area contributed by atoms with Gasteiger partial charge in [0.2, 0.25) is 11.8 Å². The lowest BCUT2D eigenvalue weighted by molar-refractivity contribution is -0.121. The number of methoxy groups -OCH3 is 1. The summed E-state index contributed by atoms with van der Waals surface area (Å²) in [5, 5.41) is 10.9. The molecule has 2 rings (SSSR count). The molecule has 2 aromatic rings. The lowest BCUT2D eigenvalue weighted by atomic mass is 9.93. The Morgan fingerprint density at radius 1 is 1.18 bits per heavy atom. The van der Waals surface area contributed by atoms with Crippen LogP contribution in [0.15, 0.2) is 36.4 Å². The highest BCUT2D eigenvalue weighted by molar-refractivity contribution is 7.90. The molecule has 9 nitrogen and oxygen atoms in total. The number of nitrogens with two attached hydrogens (primary N) is 1. The summed E-state index contributed by atoms with van der Waals surface area (Å²) in [6, 6.07) is 8.91. The Balaban J connectivity index is 2.55. The number of nitrogens with zero attached hydrogens (tertiary/aromatic N) is 1. The molecule has 0 aromatic heterocycles. The van der Waals surface area contributed by atoms with Gasteiger partial charge >= 0.3 is 6.61 Å². The number of amides is 2. The second-order valence-electron chi connectivity index (χ2n) is 6.88. The highest BCUT2D eigenvalue weighted by atomic mass is 32.2. The van der Waals surface area contributed by atoms with Gasteiger partial charge in [-0.25, -0.2) is 12.8 Å². The number of nitrogens with one attached hydrogen (secondary N) is 1. The summed E-state index contributed by atoms with van der Waals surface area (Å²) in [5.41, 5.74) is 4.07. The van der Waals surface area contributed by atoms with Crippen LogP contribution in [0.2, 0.25) is 0 Å². The molecule has 0 radical (unpaired) electrons. The molecule has 0 aliphatic carbocycles. The number of hydrogen-bond acceptors (Lipinski definition) is 7. The van der Waals surface area contributed by atoms with E-state index in [1.165, 1.54) is 18.2 Å². The number of primary amides is 1. The van der Waals surface area contributed by atoms with Gasteiger partial charge in [0, 0.05) is 16.7 Å². The fourth-order valence-electron chi connectivity index (χ4n) is 3.21. The van der Waals surface area contributed by atoms with Gasteiger partial charge in [-0.1, -0.05) is 18.2 Å². The molecule has 0 saturated heterocycles. The molecule has 0 fully saturated rings. The molecule has 182 valence electrons. The van der Waals surface area contributed by atoms with Crippen LogP contribution in [0.25, 0.3) is 0 Å².